The molecule has 0 aliphatic rings. The fourth-order valence-electron chi connectivity index (χ4n) is 0.570. The highest BCUT2D eigenvalue weighted by Gasteiger charge is 2.47. The van der Waals surface area contributed by atoms with Gasteiger partial charge in [-0.05, 0) is 6.92 Å². The van der Waals surface area contributed by atoms with Crippen molar-refractivity contribution in [1.29, 1.82) is 0 Å². The van der Waals surface area contributed by atoms with Crippen LogP contribution in [0.2, 0.25) is 0 Å². The van der Waals surface area contributed by atoms with Crippen LogP contribution in [0.1, 0.15) is 6.92 Å². The van der Waals surface area contributed by atoms with Crippen LogP contribution in [-0.2, 0) is 9.13 Å². The van der Waals surface area contributed by atoms with Crippen LogP contribution in [0, 0.1) is 4.91 Å². The summed E-state index contributed by atoms with van der Waals surface area (Å²) in [4.78, 5) is 37.0. The summed E-state index contributed by atoms with van der Waals surface area (Å²) in [6.07, 6.45) is -1.29. The first-order valence-electron chi connectivity index (χ1n) is 2.96. The topological polar surface area (TPSA) is 144 Å². The molecule has 0 aliphatic carbocycles. The average Bonchev–Trinajstić information content (AvgIpc) is 1.81. The highest BCUT2D eigenvalue weighted by atomic mass is 31.2. The van der Waals surface area contributed by atoms with Gasteiger partial charge in [-0.2, -0.15) is 0 Å². The molecule has 0 fully saturated rings. The van der Waals surface area contributed by atoms with Crippen molar-refractivity contribution in [3.8, 4) is 0 Å². The Balaban J connectivity index is 4.89. The maximum atomic E-state index is 10.8. The van der Waals surface area contributed by atoms with Gasteiger partial charge in [0.25, 0.3) is 0 Å². The number of rotatable bonds is 4. The summed E-state index contributed by atoms with van der Waals surface area (Å²) in [6.45, 7) is 0.661. The maximum Gasteiger partial charge on any atom is 0.380 e. The molecule has 0 saturated heterocycles. The monoisotopic (exact) mass is 233 g/mol. The van der Waals surface area contributed by atoms with Crippen LogP contribution < -0.4 is 0 Å². The standard InChI is InChI=1S/C3H9NO7P2/c1-3(5,2-12(7,8)9)13(10,11)4-6/h5H,2H2,1H3,(H,10,11)(H2,7,8,9). The van der Waals surface area contributed by atoms with Crippen molar-refractivity contribution in [2.24, 2.45) is 4.95 Å². The predicted molar refractivity (Wildman–Crippen MR) is 43.2 cm³/mol. The third-order valence-electron chi connectivity index (χ3n) is 1.24. The van der Waals surface area contributed by atoms with Gasteiger partial charge in [-0.15, -0.1) is 4.91 Å². The second-order valence-electron chi connectivity index (χ2n) is 2.67. The normalized spacial score (nSPS) is 21.6. The first-order valence-corrected chi connectivity index (χ1v) is 6.37. The van der Waals surface area contributed by atoms with Gasteiger partial charge in [-0.25, -0.2) is 0 Å². The summed E-state index contributed by atoms with van der Waals surface area (Å²) < 4.78 is 21.1. The molecule has 0 spiro atoms. The van der Waals surface area contributed by atoms with Gasteiger partial charge >= 0.3 is 15.1 Å². The molecule has 0 aromatic heterocycles. The van der Waals surface area contributed by atoms with Crippen molar-refractivity contribution in [1.82, 2.24) is 0 Å². The van der Waals surface area contributed by atoms with E-state index in [9.17, 15) is 14.0 Å². The number of nitroso groups, excluding NO2 is 1. The van der Waals surface area contributed by atoms with E-state index < -0.39 is 26.6 Å². The maximum absolute atomic E-state index is 10.8. The lowest BCUT2D eigenvalue weighted by molar-refractivity contribution is 0.144. The van der Waals surface area contributed by atoms with Crippen molar-refractivity contribution >= 4 is 15.1 Å². The molecule has 8 nitrogen and oxygen atoms in total. The van der Waals surface area contributed by atoms with E-state index in [1.807, 2.05) is 0 Å². The Morgan fingerprint density at radius 3 is 1.92 bits per heavy atom. The SMILES string of the molecule is CC(O)(CP(=O)(O)O)P(=O)(O)N=O. The number of hydrogen-bond acceptors (Lipinski definition) is 4. The Morgan fingerprint density at radius 1 is 1.31 bits per heavy atom. The second kappa shape index (κ2) is 3.57. The summed E-state index contributed by atoms with van der Waals surface area (Å²) >= 11 is 0. The van der Waals surface area contributed by atoms with Crippen molar-refractivity contribution in [2.75, 3.05) is 6.16 Å². The van der Waals surface area contributed by atoms with Crippen molar-refractivity contribution in [3.05, 3.63) is 4.91 Å². The Hall–Kier alpha value is -0.100. The van der Waals surface area contributed by atoms with Gasteiger partial charge in [0, 0.05) is 4.95 Å². The summed E-state index contributed by atoms with van der Waals surface area (Å²) in [7, 11) is -9.52. The zero-order chi connectivity index (χ0) is 10.9. The van der Waals surface area contributed by atoms with Gasteiger partial charge in [0.15, 0.2) is 5.34 Å². The highest BCUT2D eigenvalue weighted by molar-refractivity contribution is 7.60. The van der Waals surface area contributed by atoms with E-state index in [1.54, 1.807) is 4.95 Å². The van der Waals surface area contributed by atoms with Crippen LogP contribution in [0.4, 0.5) is 0 Å². The zero-order valence-corrected chi connectivity index (χ0v) is 8.35. The lowest BCUT2D eigenvalue weighted by Crippen LogP contribution is -2.28. The summed E-state index contributed by atoms with van der Waals surface area (Å²) in [5.41, 5.74) is 0. The molecule has 2 atom stereocenters. The van der Waals surface area contributed by atoms with E-state index in [2.05, 4.69) is 0 Å². The van der Waals surface area contributed by atoms with Crippen LogP contribution in [0.3, 0.4) is 0 Å². The zero-order valence-electron chi connectivity index (χ0n) is 6.56. The minimum Gasteiger partial charge on any atom is -0.377 e. The van der Waals surface area contributed by atoms with E-state index in [0.717, 1.165) is 0 Å². The molecule has 78 valence electrons. The smallest absolute Gasteiger partial charge is 0.377 e. The van der Waals surface area contributed by atoms with Crippen molar-refractivity contribution in [3.63, 3.8) is 0 Å². The second-order valence-corrected chi connectivity index (χ2v) is 6.53. The van der Waals surface area contributed by atoms with E-state index >= 15 is 0 Å². The molecule has 4 N–H and O–H groups in total. The fraction of sp³-hybridized carbons (Fsp3) is 1.00. The molecule has 2 unspecified atom stereocenters. The number of hydrogen-bond donors (Lipinski definition) is 4. The lowest BCUT2D eigenvalue weighted by Gasteiger charge is -2.23. The average molecular weight is 233 g/mol. The van der Waals surface area contributed by atoms with Gasteiger partial charge in [0.05, 0.1) is 6.16 Å². The largest absolute Gasteiger partial charge is 0.380 e. The third-order valence-corrected chi connectivity index (χ3v) is 4.16. The van der Waals surface area contributed by atoms with Crippen LogP contribution in [-0.4, -0.2) is 31.3 Å². The minimum absolute atomic E-state index is 0.661. The molecule has 0 aliphatic heterocycles. The van der Waals surface area contributed by atoms with E-state index in [-0.39, 0.29) is 0 Å². The lowest BCUT2D eigenvalue weighted by atomic mass is 10.5. The minimum atomic E-state index is -4.84. The molecule has 10 heteroatoms. The van der Waals surface area contributed by atoms with Crippen molar-refractivity contribution < 1.29 is 28.9 Å². The number of nitrogens with zero attached hydrogens (tertiary/aromatic N) is 1. The predicted octanol–water partition coefficient (Wildman–Crippen LogP) is -0.176. The summed E-state index contributed by atoms with van der Waals surface area (Å²) in [5, 5.41) is 6.38. The molecule has 0 radical (unpaired) electrons. The molecular formula is C3H9NO7P2. The third kappa shape index (κ3) is 3.64. The molecule has 0 heterocycles. The van der Waals surface area contributed by atoms with Gasteiger partial charge in [-0.1, -0.05) is 0 Å². The van der Waals surface area contributed by atoms with Gasteiger partial charge in [0.1, 0.15) is 0 Å². The first kappa shape index (κ1) is 12.9. The molecule has 0 saturated carbocycles. The van der Waals surface area contributed by atoms with Crippen LogP contribution in [0.5, 0.6) is 0 Å². The summed E-state index contributed by atoms with van der Waals surface area (Å²) in [6, 6.07) is 0. The van der Waals surface area contributed by atoms with E-state index in [0.29, 0.717) is 6.92 Å². The highest BCUT2D eigenvalue weighted by Crippen LogP contribution is 2.58. The Labute approximate surface area is 73.2 Å². The molecular weight excluding hydrogens is 224 g/mol. The molecule has 13 heavy (non-hydrogen) atoms. The fourth-order valence-corrected chi connectivity index (χ4v) is 2.82. The van der Waals surface area contributed by atoms with Crippen LogP contribution >= 0.6 is 15.1 Å². The first-order chi connectivity index (χ1) is 5.52. The number of aliphatic hydroxyl groups is 1. The van der Waals surface area contributed by atoms with E-state index in [1.165, 1.54) is 0 Å². The Bertz CT molecular complexity index is 292. The molecule has 0 amide bonds. The van der Waals surface area contributed by atoms with Crippen LogP contribution in [0.25, 0.3) is 0 Å². The Morgan fingerprint density at radius 2 is 1.69 bits per heavy atom. The summed E-state index contributed by atoms with van der Waals surface area (Å²) in [5.74, 6) is 0. The van der Waals surface area contributed by atoms with Crippen molar-refractivity contribution in [2.45, 2.75) is 12.3 Å². The molecule has 0 rings (SSSR count). The quantitative estimate of drug-likeness (QED) is 0.389. The molecule has 0 aromatic rings. The molecule has 0 aromatic carbocycles. The van der Waals surface area contributed by atoms with E-state index in [4.69, 9.17) is 19.8 Å². The molecule has 0 bridgehead atoms. The van der Waals surface area contributed by atoms with Gasteiger partial charge in [-0.3, -0.25) is 9.13 Å². The Kier molecular flexibility index (Phi) is 3.54. The van der Waals surface area contributed by atoms with Crippen LogP contribution in [0.15, 0.2) is 4.95 Å². The van der Waals surface area contributed by atoms with Gasteiger partial charge < -0.3 is 19.8 Å². The van der Waals surface area contributed by atoms with Gasteiger partial charge in [0.2, 0.25) is 0 Å².